The fourth-order valence-corrected chi connectivity index (χ4v) is 11.9. The first-order chi connectivity index (χ1) is 19.7. The van der Waals surface area contributed by atoms with Crippen molar-refractivity contribution in [2.24, 2.45) is 5.41 Å². The van der Waals surface area contributed by atoms with Crippen molar-refractivity contribution in [1.29, 1.82) is 0 Å². The Bertz CT molecular complexity index is 1320. The summed E-state index contributed by atoms with van der Waals surface area (Å²) in [4.78, 5) is 13.1. The minimum absolute atomic E-state index is 0.115. The molecular formula is C34H40O6Si. The van der Waals surface area contributed by atoms with Gasteiger partial charge in [-0.25, -0.2) is 0 Å². The number of carbonyl (C=O) groups excluding carboxylic acids is 1. The van der Waals surface area contributed by atoms with E-state index in [1.54, 1.807) is 7.11 Å². The molecule has 4 atom stereocenters. The van der Waals surface area contributed by atoms with Gasteiger partial charge in [0.1, 0.15) is 23.2 Å². The fraction of sp³-hybridized carbons (Fsp3) is 0.441. The number of rotatable bonds is 9. The van der Waals surface area contributed by atoms with Gasteiger partial charge in [0, 0.05) is 18.4 Å². The van der Waals surface area contributed by atoms with Crippen LogP contribution in [-0.2, 0) is 18.7 Å². The van der Waals surface area contributed by atoms with Crippen LogP contribution in [0.2, 0.25) is 5.04 Å². The first kappa shape index (κ1) is 28.2. The molecule has 2 bridgehead atoms. The average Bonchev–Trinajstić information content (AvgIpc) is 3.32. The highest BCUT2D eigenvalue weighted by Crippen LogP contribution is 2.58. The van der Waals surface area contributed by atoms with Gasteiger partial charge in [0.25, 0.3) is 8.32 Å². The minimum atomic E-state index is -2.85. The third-order valence-electron chi connectivity index (χ3n) is 9.49. The fourth-order valence-electron chi connectivity index (χ4n) is 7.33. The van der Waals surface area contributed by atoms with Gasteiger partial charge in [-0.15, -0.1) is 0 Å². The van der Waals surface area contributed by atoms with Gasteiger partial charge in [0.05, 0.1) is 26.4 Å². The third-order valence-corrected chi connectivity index (χ3v) is 14.5. The topological polar surface area (TPSA) is 63.2 Å². The molecule has 3 aliphatic rings. The van der Waals surface area contributed by atoms with Crippen molar-refractivity contribution in [2.45, 2.75) is 62.9 Å². The monoisotopic (exact) mass is 572 g/mol. The smallest absolute Gasteiger partial charge is 0.261 e. The first-order valence-electron chi connectivity index (χ1n) is 14.6. The van der Waals surface area contributed by atoms with Crippen LogP contribution in [0.15, 0.2) is 84.9 Å². The molecule has 216 valence electrons. The summed E-state index contributed by atoms with van der Waals surface area (Å²) in [5.41, 5.74) is -1.21. The number of methoxy groups -OCH3 is 1. The van der Waals surface area contributed by atoms with E-state index >= 15 is 0 Å². The second-order valence-corrected chi connectivity index (χ2v) is 17.0. The molecule has 41 heavy (non-hydrogen) atoms. The average molecular weight is 573 g/mol. The van der Waals surface area contributed by atoms with Gasteiger partial charge in [-0.2, -0.15) is 0 Å². The maximum Gasteiger partial charge on any atom is 0.261 e. The molecule has 0 amide bonds. The second kappa shape index (κ2) is 10.7. The van der Waals surface area contributed by atoms with Crippen LogP contribution < -0.4 is 19.8 Å². The second-order valence-electron chi connectivity index (χ2n) is 12.7. The Balaban J connectivity index is 1.40. The van der Waals surface area contributed by atoms with Gasteiger partial charge in [-0.3, -0.25) is 4.79 Å². The number of Topliss-reactive ketones (excluding diaryl/α,β-unsaturated/α-hetero) is 1. The van der Waals surface area contributed by atoms with E-state index in [9.17, 15) is 4.79 Å². The number of hydrogen-bond acceptors (Lipinski definition) is 6. The summed E-state index contributed by atoms with van der Waals surface area (Å²) < 4.78 is 32.4. The van der Waals surface area contributed by atoms with Gasteiger partial charge < -0.3 is 23.4 Å². The summed E-state index contributed by atoms with van der Waals surface area (Å²) in [6, 6.07) is 28.9. The highest BCUT2D eigenvalue weighted by molar-refractivity contribution is 6.99. The lowest BCUT2D eigenvalue weighted by atomic mass is 9.66. The summed E-state index contributed by atoms with van der Waals surface area (Å²) >= 11 is 0. The van der Waals surface area contributed by atoms with E-state index in [-0.39, 0.29) is 16.9 Å². The van der Waals surface area contributed by atoms with E-state index in [0.717, 1.165) is 17.9 Å². The zero-order valence-electron chi connectivity index (χ0n) is 24.4. The van der Waals surface area contributed by atoms with Crippen molar-refractivity contribution in [3.05, 3.63) is 84.9 Å². The molecule has 3 saturated heterocycles. The van der Waals surface area contributed by atoms with E-state index in [2.05, 4.69) is 81.4 Å². The Kier molecular flexibility index (Phi) is 7.35. The molecule has 0 N–H and O–H groups in total. The van der Waals surface area contributed by atoms with Gasteiger partial charge in [0.2, 0.25) is 0 Å². The van der Waals surface area contributed by atoms with Crippen LogP contribution in [0.25, 0.3) is 0 Å². The SMILES string of the molecule is COc1ccc(OC[C@@]23CCO[C@H]4CC(=O)[C@@H](C2)O[C@]43CO[Si](c2ccccc2)(c2ccccc2)C(C)(C)C)cc1. The molecule has 0 aliphatic carbocycles. The van der Waals surface area contributed by atoms with Gasteiger partial charge in [-0.05, 0) is 52.5 Å². The number of ketones is 1. The van der Waals surface area contributed by atoms with E-state index in [1.165, 1.54) is 10.4 Å². The molecule has 3 aromatic rings. The van der Waals surface area contributed by atoms with E-state index < -0.39 is 25.4 Å². The van der Waals surface area contributed by atoms with Crippen molar-refractivity contribution in [2.75, 3.05) is 26.9 Å². The summed E-state index contributed by atoms with van der Waals surface area (Å²) in [6.45, 7) is 8.16. The maximum absolute atomic E-state index is 13.1. The number of fused-ring (bicyclic) bond motifs is 1. The van der Waals surface area contributed by atoms with Crippen molar-refractivity contribution in [1.82, 2.24) is 0 Å². The Morgan fingerprint density at radius 1 is 0.878 bits per heavy atom. The highest BCUT2D eigenvalue weighted by atomic mass is 28.4. The normalized spacial score (nSPS) is 27.5. The van der Waals surface area contributed by atoms with Crippen molar-refractivity contribution in [3.63, 3.8) is 0 Å². The first-order valence-corrected chi connectivity index (χ1v) is 16.5. The van der Waals surface area contributed by atoms with Crippen LogP contribution in [0.5, 0.6) is 11.5 Å². The molecule has 0 unspecified atom stereocenters. The Hall–Kier alpha value is -2.97. The summed E-state index contributed by atoms with van der Waals surface area (Å²) in [5.74, 6) is 1.66. The Labute approximate surface area is 244 Å². The van der Waals surface area contributed by atoms with Crippen molar-refractivity contribution >= 4 is 24.5 Å². The lowest BCUT2D eigenvalue weighted by Crippen LogP contribution is -2.71. The predicted octanol–water partition coefficient (Wildman–Crippen LogP) is 4.93. The Morgan fingerprint density at radius 3 is 2.07 bits per heavy atom. The summed E-state index contributed by atoms with van der Waals surface area (Å²) in [6.07, 6.45) is 0.869. The highest BCUT2D eigenvalue weighted by Gasteiger charge is 2.70. The van der Waals surface area contributed by atoms with E-state index in [0.29, 0.717) is 32.7 Å². The molecule has 0 saturated carbocycles. The molecule has 0 spiro atoms. The van der Waals surface area contributed by atoms with E-state index in [1.807, 2.05) is 24.3 Å². The van der Waals surface area contributed by atoms with Crippen LogP contribution in [0.4, 0.5) is 0 Å². The van der Waals surface area contributed by atoms with E-state index in [4.69, 9.17) is 23.4 Å². The summed E-state index contributed by atoms with van der Waals surface area (Å²) in [5, 5.41) is 2.25. The van der Waals surface area contributed by atoms with Crippen LogP contribution in [0, 0.1) is 5.41 Å². The molecule has 3 aromatic carbocycles. The van der Waals surface area contributed by atoms with Crippen LogP contribution in [0.1, 0.15) is 40.0 Å². The largest absolute Gasteiger partial charge is 0.497 e. The number of benzene rings is 3. The van der Waals surface area contributed by atoms with Crippen molar-refractivity contribution in [3.8, 4) is 11.5 Å². The number of ether oxygens (including phenoxy) is 4. The van der Waals surface area contributed by atoms with Crippen molar-refractivity contribution < 1.29 is 28.2 Å². The standard InChI is InChI=1S/C34H40O6Si/c1-32(2,3)41(27-11-7-5-8-12-27,28-13-9-6-10-14-28)39-24-34-31-21-29(35)30(40-34)22-33(34,19-20-37-31)23-38-26-17-15-25(36-4)16-18-26/h5-18,30-31H,19-24H2,1-4H3/t30-,31+,33-,34-/m1/s1. The van der Waals surface area contributed by atoms with Crippen LogP contribution in [0.3, 0.4) is 0 Å². The molecule has 3 heterocycles. The molecular weight excluding hydrogens is 532 g/mol. The van der Waals surface area contributed by atoms with Gasteiger partial charge in [0.15, 0.2) is 5.78 Å². The molecule has 0 radical (unpaired) electrons. The molecule has 3 aliphatic heterocycles. The predicted molar refractivity (Wildman–Crippen MR) is 161 cm³/mol. The zero-order valence-corrected chi connectivity index (χ0v) is 25.4. The van der Waals surface area contributed by atoms with Crippen LogP contribution >= 0.6 is 0 Å². The summed E-state index contributed by atoms with van der Waals surface area (Å²) in [7, 11) is -1.20. The molecule has 0 aromatic heterocycles. The lowest BCUT2D eigenvalue weighted by Gasteiger charge is -2.54. The quantitative estimate of drug-likeness (QED) is 0.339. The molecule has 3 fully saturated rings. The Morgan fingerprint density at radius 2 is 1.49 bits per heavy atom. The number of hydrogen-bond donors (Lipinski definition) is 0. The number of carbonyl (C=O) groups is 1. The van der Waals surface area contributed by atoms with Crippen LogP contribution in [-0.4, -0.2) is 58.8 Å². The molecule has 7 heteroatoms. The molecule has 6 nitrogen and oxygen atoms in total. The lowest BCUT2D eigenvalue weighted by molar-refractivity contribution is -0.243. The molecule has 6 rings (SSSR count). The maximum atomic E-state index is 13.1. The minimum Gasteiger partial charge on any atom is -0.497 e. The van der Waals surface area contributed by atoms with Gasteiger partial charge in [-0.1, -0.05) is 81.4 Å². The zero-order chi connectivity index (χ0) is 28.7. The third kappa shape index (κ3) is 4.63. The van der Waals surface area contributed by atoms with Gasteiger partial charge >= 0.3 is 0 Å².